The lowest BCUT2D eigenvalue weighted by atomic mass is 10.1. The number of nitrogens with one attached hydrogen (secondary N) is 2. The molecule has 0 aliphatic rings. The molecule has 1 heterocycles. The molecule has 4 nitrogen and oxygen atoms in total. The summed E-state index contributed by atoms with van der Waals surface area (Å²) in [5.41, 5.74) is -1.35. The van der Waals surface area contributed by atoms with Gasteiger partial charge in [-0.05, 0) is 33.8 Å². The van der Waals surface area contributed by atoms with Crippen molar-refractivity contribution >= 4 is 23.3 Å². The van der Waals surface area contributed by atoms with Crippen LogP contribution >= 0.6 is 11.6 Å². The number of amides is 1. The SMILES string of the molecule is CC(Nc1ncc(C(F)(F)F)cc1Cl)C(=O)NC(C)(C)C. The lowest BCUT2D eigenvalue weighted by Crippen LogP contribution is -2.47. The first-order valence-corrected chi connectivity index (χ1v) is 6.59. The van der Waals surface area contributed by atoms with Crippen LogP contribution in [0.3, 0.4) is 0 Å². The molecule has 0 saturated heterocycles. The Bertz CT molecular complexity index is 526. The molecule has 0 fully saturated rings. The van der Waals surface area contributed by atoms with Crippen molar-refractivity contribution in [2.45, 2.75) is 45.5 Å². The van der Waals surface area contributed by atoms with E-state index in [-0.39, 0.29) is 16.7 Å². The molecular weight excluding hydrogens is 307 g/mol. The second kappa shape index (κ2) is 6.09. The predicted octanol–water partition coefficient (Wildman–Crippen LogP) is 3.47. The summed E-state index contributed by atoms with van der Waals surface area (Å²) < 4.78 is 37.5. The molecule has 1 unspecified atom stereocenters. The number of halogens is 4. The smallest absolute Gasteiger partial charge is 0.357 e. The number of carbonyl (C=O) groups excluding carboxylic acids is 1. The van der Waals surface area contributed by atoms with Gasteiger partial charge in [-0.3, -0.25) is 4.79 Å². The van der Waals surface area contributed by atoms with Crippen molar-refractivity contribution < 1.29 is 18.0 Å². The number of pyridine rings is 1. The molecule has 1 aromatic rings. The van der Waals surface area contributed by atoms with Gasteiger partial charge in [0.05, 0.1) is 10.6 Å². The zero-order valence-corrected chi connectivity index (χ0v) is 12.9. The average Bonchev–Trinajstić information content (AvgIpc) is 2.27. The van der Waals surface area contributed by atoms with E-state index in [0.717, 1.165) is 6.07 Å². The van der Waals surface area contributed by atoms with E-state index >= 15 is 0 Å². The Morgan fingerprint density at radius 1 is 1.33 bits per heavy atom. The van der Waals surface area contributed by atoms with Crippen molar-refractivity contribution in [1.29, 1.82) is 0 Å². The molecule has 0 saturated carbocycles. The third kappa shape index (κ3) is 5.41. The minimum Gasteiger partial charge on any atom is -0.357 e. The number of carbonyl (C=O) groups is 1. The Morgan fingerprint density at radius 3 is 2.33 bits per heavy atom. The topological polar surface area (TPSA) is 54.0 Å². The maximum absolute atomic E-state index is 12.5. The molecule has 0 aliphatic carbocycles. The van der Waals surface area contributed by atoms with Gasteiger partial charge < -0.3 is 10.6 Å². The van der Waals surface area contributed by atoms with Gasteiger partial charge in [-0.15, -0.1) is 0 Å². The van der Waals surface area contributed by atoms with Gasteiger partial charge in [-0.2, -0.15) is 13.2 Å². The molecule has 0 spiro atoms. The van der Waals surface area contributed by atoms with Crippen LogP contribution in [0.15, 0.2) is 12.3 Å². The molecule has 0 radical (unpaired) electrons. The van der Waals surface area contributed by atoms with E-state index in [2.05, 4.69) is 15.6 Å². The van der Waals surface area contributed by atoms with Crippen molar-refractivity contribution in [1.82, 2.24) is 10.3 Å². The summed E-state index contributed by atoms with van der Waals surface area (Å²) in [6.45, 7) is 7.03. The van der Waals surface area contributed by atoms with Gasteiger partial charge in [0.25, 0.3) is 0 Å². The summed E-state index contributed by atoms with van der Waals surface area (Å²) in [5.74, 6) is -0.276. The second-order valence-electron chi connectivity index (χ2n) is 5.66. The number of alkyl halides is 3. The molecule has 8 heteroatoms. The Labute approximate surface area is 126 Å². The first-order chi connectivity index (χ1) is 9.40. The molecule has 1 atom stereocenters. The molecule has 0 bridgehead atoms. The summed E-state index contributed by atoms with van der Waals surface area (Å²) >= 11 is 5.76. The highest BCUT2D eigenvalue weighted by molar-refractivity contribution is 6.33. The maximum Gasteiger partial charge on any atom is 0.417 e. The van der Waals surface area contributed by atoms with Crippen LogP contribution in [0.4, 0.5) is 19.0 Å². The third-order valence-electron chi connectivity index (χ3n) is 2.41. The summed E-state index contributed by atoms with van der Waals surface area (Å²) in [5, 5.41) is 5.24. The molecule has 21 heavy (non-hydrogen) atoms. The van der Waals surface area contributed by atoms with E-state index in [4.69, 9.17) is 11.6 Å². The highest BCUT2D eigenvalue weighted by atomic mass is 35.5. The number of nitrogens with zero attached hydrogens (tertiary/aromatic N) is 1. The fourth-order valence-corrected chi connectivity index (χ4v) is 1.67. The van der Waals surface area contributed by atoms with Gasteiger partial charge in [0, 0.05) is 11.7 Å². The Kier molecular flexibility index (Phi) is 5.09. The molecule has 118 valence electrons. The number of aromatic nitrogens is 1. The lowest BCUT2D eigenvalue weighted by Gasteiger charge is -2.24. The van der Waals surface area contributed by atoms with E-state index in [1.165, 1.54) is 0 Å². The summed E-state index contributed by atoms with van der Waals surface area (Å²) in [6.07, 6.45) is -3.84. The molecule has 2 N–H and O–H groups in total. The van der Waals surface area contributed by atoms with Crippen LogP contribution in [0.5, 0.6) is 0 Å². The van der Waals surface area contributed by atoms with Gasteiger partial charge in [-0.25, -0.2) is 4.98 Å². The Morgan fingerprint density at radius 2 is 1.90 bits per heavy atom. The van der Waals surface area contributed by atoms with Gasteiger partial charge >= 0.3 is 6.18 Å². The van der Waals surface area contributed by atoms with Crippen molar-refractivity contribution in [3.63, 3.8) is 0 Å². The first kappa shape index (κ1) is 17.6. The third-order valence-corrected chi connectivity index (χ3v) is 2.70. The quantitative estimate of drug-likeness (QED) is 0.895. The first-order valence-electron chi connectivity index (χ1n) is 6.21. The molecule has 0 aromatic carbocycles. The van der Waals surface area contributed by atoms with Gasteiger partial charge in [0.15, 0.2) is 0 Å². The van der Waals surface area contributed by atoms with Gasteiger partial charge in [-0.1, -0.05) is 11.6 Å². The average molecular weight is 324 g/mol. The maximum atomic E-state index is 12.5. The van der Waals surface area contributed by atoms with Crippen LogP contribution in [0, 0.1) is 0 Å². The van der Waals surface area contributed by atoms with Gasteiger partial charge in [0.1, 0.15) is 11.9 Å². The fourth-order valence-electron chi connectivity index (χ4n) is 1.45. The summed E-state index contributed by atoms with van der Waals surface area (Å²) in [6, 6.07) is 0.0802. The van der Waals surface area contributed by atoms with E-state index in [0.29, 0.717) is 6.20 Å². The number of rotatable bonds is 3. The zero-order chi connectivity index (χ0) is 16.4. The number of anilines is 1. The molecule has 1 aromatic heterocycles. The Balaban J connectivity index is 2.82. The monoisotopic (exact) mass is 323 g/mol. The molecule has 1 rings (SSSR count). The molecule has 0 aliphatic heterocycles. The van der Waals surface area contributed by atoms with Crippen LogP contribution < -0.4 is 10.6 Å². The number of hydrogen-bond donors (Lipinski definition) is 2. The molecule has 1 amide bonds. The highest BCUT2D eigenvalue weighted by Crippen LogP contribution is 2.32. The van der Waals surface area contributed by atoms with Gasteiger partial charge in [0.2, 0.25) is 5.91 Å². The summed E-state index contributed by atoms with van der Waals surface area (Å²) in [4.78, 5) is 15.5. The lowest BCUT2D eigenvalue weighted by molar-refractivity contribution is -0.137. The van der Waals surface area contributed by atoms with E-state index in [9.17, 15) is 18.0 Å². The second-order valence-corrected chi connectivity index (χ2v) is 6.06. The standard InChI is InChI=1S/C13H17ClF3N3O/c1-7(11(21)20-12(2,3)4)19-10-9(14)5-8(6-18-10)13(15,16)17/h5-7H,1-4H3,(H,18,19)(H,20,21). The largest absolute Gasteiger partial charge is 0.417 e. The van der Waals surface area contributed by atoms with Crippen LogP contribution in [-0.4, -0.2) is 22.5 Å². The Hall–Kier alpha value is -1.50. The fraction of sp³-hybridized carbons (Fsp3) is 0.538. The van der Waals surface area contributed by atoms with Crippen molar-refractivity contribution in [3.8, 4) is 0 Å². The van der Waals surface area contributed by atoms with Crippen LogP contribution in [0.25, 0.3) is 0 Å². The van der Waals surface area contributed by atoms with E-state index in [1.807, 2.05) is 20.8 Å². The highest BCUT2D eigenvalue weighted by Gasteiger charge is 2.31. The van der Waals surface area contributed by atoms with Crippen molar-refractivity contribution in [2.75, 3.05) is 5.32 Å². The zero-order valence-electron chi connectivity index (χ0n) is 12.1. The minimum atomic E-state index is -4.51. The van der Waals surface area contributed by atoms with E-state index in [1.54, 1.807) is 6.92 Å². The van der Waals surface area contributed by atoms with Crippen molar-refractivity contribution in [3.05, 3.63) is 22.8 Å². The number of hydrogen-bond acceptors (Lipinski definition) is 3. The van der Waals surface area contributed by atoms with Crippen molar-refractivity contribution in [2.24, 2.45) is 0 Å². The van der Waals surface area contributed by atoms with Crippen LogP contribution in [-0.2, 0) is 11.0 Å². The normalized spacial score (nSPS) is 13.7. The summed E-state index contributed by atoms with van der Waals surface area (Å²) in [7, 11) is 0. The molecular formula is C13H17ClF3N3O. The minimum absolute atomic E-state index is 0.0289. The van der Waals surface area contributed by atoms with Crippen LogP contribution in [0.2, 0.25) is 5.02 Å². The van der Waals surface area contributed by atoms with E-state index < -0.39 is 23.3 Å². The van der Waals surface area contributed by atoms with Crippen LogP contribution in [0.1, 0.15) is 33.3 Å². The predicted molar refractivity (Wildman–Crippen MR) is 75.2 cm³/mol.